The lowest BCUT2D eigenvalue weighted by molar-refractivity contribution is 0.207. The SMILES string of the molecule is CC1(CNCc2cccc3cnccc23)CCCCC1. The molecule has 0 spiro atoms. The molecule has 2 nitrogen and oxygen atoms in total. The van der Waals surface area contributed by atoms with Gasteiger partial charge in [0, 0.05) is 30.9 Å². The van der Waals surface area contributed by atoms with Crippen molar-refractivity contribution in [3.63, 3.8) is 0 Å². The first-order chi connectivity index (χ1) is 9.77. The molecule has 20 heavy (non-hydrogen) atoms. The second-order valence-corrected chi connectivity index (χ2v) is 6.49. The van der Waals surface area contributed by atoms with Crippen LogP contribution in [0.1, 0.15) is 44.6 Å². The van der Waals surface area contributed by atoms with Crippen molar-refractivity contribution in [2.45, 2.75) is 45.6 Å². The fourth-order valence-corrected chi connectivity index (χ4v) is 3.42. The van der Waals surface area contributed by atoms with Crippen LogP contribution in [0.25, 0.3) is 10.8 Å². The zero-order valence-electron chi connectivity index (χ0n) is 12.4. The number of fused-ring (bicyclic) bond motifs is 1. The van der Waals surface area contributed by atoms with Crippen molar-refractivity contribution >= 4 is 10.8 Å². The maximum absolute atomic E-state index is 4.20. The summed E-state index contributed by atoms with van der Waals surface area (Å²) in [5, 5.41) is 6.24. The van der Waals surface area contributed by atoms with Crippen LogP contribution in [-0.2, 0) is 6.54 Å². The van der Waals surface area contributed by atoms with E-state index in [1.165, 1.54) is 48.4 Å². The Kier molecular flexibility index (Phi) is 4.02. The molecule has 0 atom stereocenters. The first-order valence-corrected chi connectivity index (χ1v) is 7.79. The van der Waals surface area contributed by atoms with Gasteiger partial charge in [0.1, 0.15) is 0 Å². The molecule has 0 aliphatic heterocycles. The molecule has 0 bridgehead atoms. The summed E-state index contributed by atoms with van der Waals surface area (Å²) in [7, 11) is 0. The molecule has 1 aromatic carbocycles. The Morgan fingerprint density at radius 3 is 2.85 bits per heavy atom. The Labute approximate surface area is 121 Å². The van der Waals surface area contributed by atoms with E-state index in [2.05, 4.69) is 41.5 Å². The maximum atomic E-state index is 4.20. The quantitative estimate of drug-likeness (QED) is 0.894. The lowest BCUT2D eigenvalue weighted by Crippen LogP contribution is -2.33. The maximum Gasteiger partial charge on any atom is 0.0346 e. The Balaban J connectivity index is 1.65. The summed E-state index contributed by atoms with van der Waals surface area (Å²) in [6.45, 7) is 4.53. The van der Waals surface area contributed by atoms with Crippen molar-refractivity contribution in [1.82, 2.24) is 10.3 Å². The van der Waals surface area contributed by atoms with Crippen molar-refractivity contribution in [1.29, 1.82) is 0 Å². The van der Waals surface area contributed by atoms with Crippen molar-refractivity contribution in [3.05, 3.63) is 42.2 Å². The number of nitrogens with one attached hydrogen (secondary N) is 1. The fourth-order valence-electron chi connectivity index (χ4n) is 3.42. The molecule has 0 saturated heterocycles. The highest BCUT2D eigenvalue weighted by Gasteiger charge is 2.25. The zero-order chi connectivity index (χ0) is 13.8. The third-order valence-electron chi connectivity index (χ3n) is 4.70. The summed E-state index contributed by atoms with van der Waals surface area (Å²) >= 11 is 0. The molecule has 2 aromatic rings. The molecule has 1 N–H and O–H groups in total. The molecule has 1 aromatic heterocycles. The lowest BCUT2D eigenvalue weighted by atomic mass is 9.76. The van der Waals surface area contributed by atoms with Gasteiger partial charge in [-0.25, -0.2) is 0 Å². The number of hydrogen-bond donors (Lipinski definition) is 1. The van der Waals surface area contributed by atoms with E-state index in [-0.39, 0.29) is 0 Å². The minimum absolute atomic E-state index is 0.504. The topological polar surface area (TPSA) is 24.9 Å². The first-order valence-electron chi connectivity index (χ1n) is 7.79. The van der Waals surface area contributed by atoms with Crippen molar-refractivity contribution in [2.24, 2.45) is 5.41 Å². The molecule has 2 heteroatoms. The van der Waals surface area contributed by atoms with Gasteiger partial charge in [-0.2, -0.15) is 0 Å². The average Bonchev–Trinajstić information content (AvgIpc) is 2.48. The molecular formula is C18H24N2. The molecule has 1 aliphatic carbocycles. The summed E-state index contributed by atoms with van der Waals surface area (Å²) in [6, 6.07) is 8.60. The second kappa shape index (κ2) is 5.92. The van der Waals surface area contributed by atoms with Gasteiger partial charge in [0.2, 0.25) is 0 Å². The normalized spacial score (nSPS) is 18.2. The summed E-state index contributed by atoms with van der Waals surface area (Å²) in [6.07, 6.45) is 10.8. The van der Waals surface area contributed by atoms with Crippen LogP contribution in [0.4, 0.5) is 0 Å². The van der Waals surface area contributed by atoms with Gasteiger partial charge in [0.05, 0.1) is 0 Å². The molecular weight excluding hydrogens is 244 g/mol. The van der Waals surface area contributed by atoms with E-state index in [4.69, 9.17) is 0 Å². The molecule has 0 unspecified atom stereocenters. The van der Waals surface area contributed by atoms with Crippen molar-refractivity contribution in [3.8, 4) is 0 Å². The van der Waals surface area contributed by atoms with E-state index in [0.717, 1.165) is 13.1 Å². The van der Waals surface area contributed by atoms with Gasteiger partial charge in [-0.3, -0.25) is 4.98 Å². The smallest absolute Gasteiger partial charge is 0.0346 e. The van der Waals surface area contributed by atoms with Gasteiger partial charge in [-0.1, -0.05) is 44.4 Å². The third-order valence-corrected chi connectivity index (χ3v) is 4.70. The van der Waals surface area contributed by atoms with Gasteiger partial charge >= 0.3 is 0 Å². The summed E-state index contributed by atoms with van der Waals surface area (Å²) in [5.41, 5.74) is 1.88. The number of benzene rings is 1. The third kappa shape index (κ3) is 3.01. The molecule has 106 valence electrons. The Bertz CT molecular complexity index is 565. The Morgan fingerprint density at radius 2 is 2.00 bits per heavy atom. The van der Waals surface area contributed by atoms with E-state index in [1.807, 2.05) is 12.4 Å². The fraction of sp³-hybridized carbons (Fsp3) is 0.500. The van der Waals surface area contributed by atoms with Crippen LogP contribution in [0.2, 0.25) is 0 Å². The number of pyridine rings is 1. The van der Waals surface area contributed by atoms with Crippen LogP contribution >= 0.6 is 0 Å². The van der Waals surface area contributed by atoms with Crippen LogP contribution in [-0.4, -0.2) is 11.5 Å². The average molecular weight is 268 g/mol. The van der Waals surface area contributed by atoms with Gasteiger partial charge in [-0.15, -0.1) is 0 Å². The first kappa shape index (κ1) is 13.6. The largest absolute Gasteiger partial charge is 0.312 e. The second-order valence-electron chi connectivity index (χ2n) is 6.49. The molecule has 0 radical (unpaired) electrons. The summed E-state index contributed by atoms with van der Waals surface area (Å²) in [5.74, 6) is 0. The highest BCUT2D eigenvalue weighted by atomic mass is 14.9. The molecule has 3 rings (SSSR count). The number of rotatable bonds is 4. The lowest BCUT2D eigenvalue weighted by Gasteiger charge is -2.33. The van der Waals surface area contributed by atoms with E-state index < -0.39 is 0 Å². The molecule has 0 amide bonds. The summed E-state index contributed by atoms with van der Waals surface area (Å²) < 4.78 is 0. The van der Waals surface area contributed by atoms with Gasteiger partial charge in [-0.05, 0) is 35.3 Å². The van der Waals surface area contributed by atoms with Crippen molar-refractivity contribution in [2.75, 3.05) is 6.54 Å². The number of hydrogen-bond acceptors (Lipinski definition) is 2. The van der Waals surface area contributed by atoms with E-state index in [1.54, 1.807) is 0 Å². The van der Waals surface area contributed by atoms with E-state index >= 15 is 0 Å². The van der Waals surface area contributed by atoms with Crippen LogP contribution < -0.4 is 5.32 Å². The van der Waals surface area contributed by atoms with Gasteiger partial charge in [0.15, 0.2) is 0 Å². The number of aromatic nitrogens is 1. The Morgan fingerprint density at radius 1 is 1.15 bits per heavy atom. The molecule has 1 aliphatic rings. The molecule has 1 saturated carbocycles. The predicted octanol–water partition coefficient (Wildman–Crippen LogP) is 4.29. The molecule has 1 heterocycles. The highest BCUT2D eigenvalue weighted by molar-refractivity contribution is 5.84. The number of nitrogens with zero attached hydrogens (tertiary/aromatic N) is 1. The highest BCUT2D eigenvalue weighted by Crippen LogP contribution is 2.35. The van der Waals surface area contributed by atoms with E-state index in [9.17, 15) is 0 Å². The molecule has 1 fully saturated rings. The van der Waals surface area contributed by atoms with Crippen LogP contribution in [0.15, 0.2) is 36.7 Å². The van der Waals surface area contributed by atoms with Crippen LogP contribution in [0.5, 0.6) is 0 Å². The predicted molar refractivity (Wildman–Crippen MR) is 84.6 cm³/mol. The monoisotopic (exact) mass is 268 g/mol. The van der Waals surface area contributed by atoms with E-state index in [0.29, 0.717) is 5.41 Å². The minimum Gasteiger partial charge on any atom is -0.312 e. The summed E-state index contributed by atoms with van der Waals surface area (Å²) in [4.78, 5) is 4.20. The zero-order valence-corrected chi connectivity index (χ0v) is 12.4. The van der Waals surface area contributed by atoms with Crippen LogP contribution in [0.3, 0.4) is 0 Å². The van der Waals surface area contributed by atoms with Crippen LogP contribution in [0, 0.1) is 5.41 Å². The Hall–Kier alpha value is -1.41. The van der Waals surface area contributed by atoms with Gasteiger partial charge < -0.3 is 5.32 Å². The minimum atomic E-state index is 0.504. The standard InChI is InChI=1S/C18H24N2/c1-18(9-3-2-4-10-18)14-20-13-16-7-5-6-15-12-19-11-8-17(15)16/h5-8,11-12,20H,2-4,9-10,13-14H2,1H3. The van der Waals surface area contributed by atoms with Gasteiger partial charge in [0.25, 0.3) is 0 Å². The van der Waals surface area contributed by atoms with Crippen molar-refractivity contribution < 1.29 is 0 Å².